The van der Waals surface area contributed by atoms with E-state index < -0.39 is 0 Å². The number of H-pyrrole nitrogens is 1. The highest BCUT2D eigenvalue weighted by Gasteiger charge is 2.32. The van der Waals surface area contributed by atoms with E-state index in [1.807, 2.05) is 24.0 Å². The highest BCUT2D eigenvalue weighted by Crippen LogP contribution is 2.36. The van der Waals surface area contributed by atoms with E-state index in [0.29, 0.717) is 0 Å². The Bertz CT molecular complexity index is 1260. The molecule has 1 aliphatic rings. The molecule has 152 valence electrons. The molecule has 0 spiro atoms. The van der Waals surface area contributed by atoms with Crippen LogP contribution in [0.1, 0.15) is 42.6 Å². The molecule has 4 aromatic rings. The van der Waals surface area contributed by atoms with Gasteiger partial charge in [0.1, 0.15) is 5.75 Å². The summed E-state index contributed by atoms with van der Waals surface area (Å²) in [6.45, 7) is 4.90. The fraction of sp³-hybridized carbons (Fsp3) is 0.269. The number of nitrogens with zero attached hydrogens (tertiary/aromatic N) is 1. The van der Waals surface area contributed by atoms with Crippen molar-refractivity contribution in [3.63, 3.8) is 0 Å². The number of carbonyl (C=O) groups is 1. The van der Waals surface area contributed by atoms with Gasteiger partial charge in [-0.15, -0.1) is 0 Å². The first-order valence-electron chi connectivity index (χ1n) is 10.5. The van der Waals surface area contributed by atoms with Gasteiger partial charge in [-0.05, 0) is 60.4 Å². The standard InChI is InChI=1S/C26H26N2O2/c1-16(18-8-9-20-15-21(30-3)11-10-19(20)14-18)26(29)28-13-12-23-22-6-4-5-7-24(22)27-25(23)17(28)2/h4-11,14-17,27H,12-13H2,1-3H3/t16-,17+/m0/s1. The first-order valence-corrected chi connectivity index (χ1v) is 10.5. The zero-order valence-corrected chi connectivity index (χ0v) is 17.6. The molecule has 1 aromatic heterocycles. The van der Waals surface area contributed by atoms with Crippen molar-refractivity contribution in [2.45, 2.75) is 32.2 Å². The number of hydrogen-bond acceptors (Lipinski definition) is 2. The third-order valence-corrected chi connectivity index (χ3v) is 6.56. The van der Waals surface area contributed by atoms with Crippen LogP contribution in [0.2, 0.25) is 0 Å². The minimum Gasteiger partial charge on any atom is -0.497 e. The van der Waals surface area contributed by atoms with Crippen LogP contribution < -0.4 is 4.74 Å². The third-order valence-electron chi connectivity index (χ3n) is 6.56. The van der Waals surface area contributed by atoms with Gasteiger partial charge in [-0.1, -0.05) is 42.5 Å². The van der Waals surface area contributed by atoms with Gasteiger partial charge in [0.15, 0.2) is 0 Å². The largest absolute Gasteiger partial charge is 0.497 e. The summed E-state index contributed by atoms with van der Waals surface area (Å²) < 4.78 is 5.32. The Hall–Kier alpha value is -3.27. The van der Waals surface area contributed by atoms with E-state index >= 15 is 0 Å². The summed E-state index contributed by atoms with van der Waals surface area (Å²) in [5.41, 5.74) is 4.73. The Kier molecular flexibility index (Phi) is 4.50. The predicted molar refractivity (Wildman–Crippen MR) is 121 cm³/mol. The summed E-state index contributed by atoms with van der Waals surface area (Å²) >= 11 is 0. The van der Waals surface area contributed by atoms with Crippen LogP contribution in [-0.2, 0) is 11.2 Å². The fourth-order valence-electron chi connectivity index (χ4n) is 4.76. The molecule has 0 radical (unpaired) electrons. The van der Waals surface area contributed by atoms with Gasteiger partial charge in [0.25, 0.3) is 0 Å². The van der Waals surface area contributed by atoms with Crippen LogP contribution in [0.3, 0.4) is 0 Å². The van der Waals surface area contributed by atoms with Gasteiger partial charge in [0.2, 0.25) is 5.91 Å². The summed E-state index contributed by atoms with van der Waals surface area (Å²) in [5, 5.41) is 3.52. The second-order valence-corrected chi connectivity index (χ2v) is 8.21. The molecular formula is C26H26N2O2. The average Bonchev–Trinajstić information content (AvgIpc) is 3.17. The van der Waals surface area contributed by atoms with E-state index in [1.54, 1.807) is 7.11 Å². The number of fused-ring (bicyclic) bond motifs is 4. The molecule has 0 fully saturated rings. The number of rotatable bonds is 3. The Balaban J connectivity index is 1.43. The molecule has 5 rings (SSSR count). The Morgan fingerprint density at radius 2 is 1.87 bits per heavy atom. The summed E-state index contributed by atoms with van der Waals surface area (Å²) in [4.78, 5) is 19.0. The smallest absolute Gasteiger partial charge is 0.230 e. The highest BCUT2D eigenvalue weighted by molar-refractivity contribution is 5.90. The first-order chi connectivity index (χ1) is 14.6. The topological polar surface area (TPSA) is 45.3 Å². The molecule has 2 atom stereocenters. The lowest BCUT2D eigenvalue weighted by Gasteiger charge is -2.35. The zero-order chi connectivity index (χ0) is 20.8. The molecule has 0 saturated heterocycles. The maximum Gasteiger partial charge on any atom is 0.230 e. The van der Waals surface area contributed by atoms with Gasteiger partial charge < -0.3 is 14.6 Å². The van der Waals surface area contributed by atoms with E-state index in [1.165, 1.54) is 16.6 Å². The molecule has 1 amide bonds. The van der Waals surface area contributed by atoms with Crippen molar-refractivity contribution in [3.05, 3.63) is 77.5 Å². The fourth-order valence-corrected chi connectivity index (χ4v) is 4.76. The number of ether oxygens (including phenoxy) is 1. The van der Waals surface area contributed by atoms with Gasteiger partial charge >= 0.3 is 0 Å². The number of hydrogen-bond donors (Lipinski definition) is 1. The van der Waals surface area contributed by atoms with Crippen molar-refractivity contribution in [1.82, 2.24) is 9.88 Å². The Morgan fingerprint density at radius 1 is 1.10 bits per heavy atom. The van der Waals surface area contributed by atoms with Crippen LogP contribution in [0.5, 0.6) is 5.75 Å². The minimum absolute atomic E-state index is 0.0424. The van der Waals surface area contributed by atoms with Gasteiger partial charge in [0.05, 0.1) is 19.1 Å². The van der Waals surface area contributed by atoms with Crippen molar-refractivity contribution in [2.24, 2.45) is 0 Å². The highest BCUT2D eigenvalue weighted by atomic mass is 16.5. The summed E-state index contributed by atoms with van der Waals surface area (Å²) in [7, 11) is 1.68. The van der Waals surface area contributed by atoms with Crippen molar-refractivity contribution < 1.29 is 9.53 Å². The van der Waals surface area contributed by atoms with Gasteiger partial charge in [-0.25, -0.2) is 0 Å². The maximum atomic E-state index is 13.5. The maximum absolute atomic E-state index is 13.5. The number of nitrogens with one attached hydrogen (secondary N) is 1. The van der Waals surface area contributed by atoms with Gasteiger partial charge in [0, 0.05) is 23.1 Å². The number of carbonyl (C=O) groups excluding carboxylic acids is 1. The van der Waals surface area contributed by atoms with E-state index in [2.05, 4.69) is 60.4 Å². The molecule has 0 bridgehead atoms. The molecule has 30 heavy (non-hydrogen) atoms. The normalized spacial score (nSPS) is 17.2. The van der Waals surface area contributed by atoms with Gasteiger partial charge in [-0.2, -0.15) is 0 Å². The molecule has 0 unspecified atom stereocenters. The molecule has 3 aromatic carbocycles. The summed E-state index contributed by atoms with van der Waals surface area (Å²) in [6.07, 6.45) is 0.889. The molecular weight excluding hydrogens is 372 g/mol. The second-order valence-electron chi connectivity index (χ2n) is 8.21. The number of methoxy groups -OCH3 is 1. The lowest BCUT2D eigenvalue weighted by Crippen LogP contribution is -2.40. The van der Waals surface area contributed by atoms with Crippen molar-refractivity contribution in [3.8, 4) is 5.75 Å². The van der Waals surface area contributed by atoms with Crippen LogP contribution in [0.15, 0.2) is 60.7 Å². The van der Waals surface area contributed by atoms with Gasteiger partial charge in [-0.3, -0.25) is 4.79 Å². The van der Waals surface area contributed by atoms with Crippen LogP contribution >= 0.6 is 0 Å². The van der Waals surface area contributed by atoms with Crippen molar-refractivity contribution >= 4 is 27.6 Å². The number of benzene rings is 3. The van der Waals surface area contributed by atoms with E-state index in [9.17, 15) is 4.79 Å². The third kappa shape index (κ3) is 2.95. The monoisotopic (exact) mass is 398 g/mol. The summed E-state index contributed by atoms with van der Waals surface area (Å²) in [6, 6.07) is 20.8. The van der Waals surface area contributed by atoms with Crippen LogP contribution in [-0.4, -0.2) is 29.4 Å². The SMILES string of the molecule is COc1ccc2cc([C@H](C)C(=O)N3CCc4c([nH]c5ccccc45)[C@H]3C)ccc2c1. The minimum atomic E-state index is -0.190. The molecule has 4 nitrogen and oxygen atoms in total. The molecule has 0 aliphatic carbocycles. The Morgan fingerprint density at radius 3 is 2.70 bits per heavy atom. The van der Waals surface area contributed by atoms with Crippen LogP contribution in [0, 0.1) is 0 Å². The number of aromatic nitrogens is 1. The van der Waals surface area contributed by atoms with Crippen LogP contribution in [0.4, 0.5) is 0 Å². The van der Waals surface area contributed by atoms with Crippen molar-refractivity contribution in [2.75, 3.05) is 13.7 Å². The Labute approximate surface area is 176 Å². The predicted octanol–water partition coefficient (Wildman–Crippen LogP) is 5.58. The molecule has 4 heteroatoms. The molecule has 1 aliphatic heterocycles. The average molecular weight is 399 g/mol. The lowest BCUT2D eigenvalue weighted by atomic mass is 9.93. The molecule has 1 N–H and O–H groups in total. The second kappa shape index (κ2) is 7.21. The quantitative estimate of drug-likeness (QED) is 0.490. The van der Waals surface area contributed by atoms with E-state index in [-0.39, 0.29) is 17.9 Å². The summed E-state index contributed by atoms with van der Waals surface area (Å²) in [5.74, 6) is 0.834. The lowest BCUT2D eigenvalue weighted by molar-refractivity contribution is -0.135. The van der Waals surface area contributed by atoms with Crippen molar-refractivity contribution in [1.29, 1.82) is 0 Å². The van der Waals surface area contributed by atoms with E-state index in [0.717, 1.165) is 40.6 Å². The first kappa shape index (κ1) is 18.7. The number of para-hydroxylation sites is 1. The van der Waals surface area contributed by atoms with E-state index in [4.69, 9.17) is 4.74 Å². The number of amides is 1. The number of aromatic amines is 1. The molecule has 0 saturated carbocycles. The molecule has 2 heterocycles. The zero-order valence-electron chi connectivity index (χ0n) is 17.6. The van der Waals surface area contributed by atoms with Crippen LogP contribution in [0.25, 0.3) is 21.7 Å².